The normalized spacial score (nSPS) is 10.9. The first-order valence-electron chi connectivity index (χ1n) is 5.99. The van der Waals surface area contributed by atoms with Crippen molar-refractivity contribution in [2.75, 3.05) is 0 Å². The van der Waals surface area contributed by atoms with Crippen molar-refractivity contribution in [1.82, 2.24) is 10.3 Å². The lowest BCUT2D eigenvalue weighted by molar-refractivity contribution is 0.443. The lowest BCUT2D eigenvalue weighted by Crippen LogP contribution is -2.28. The Hall–Kier alpha value is -0.890. The maximum Gasteiger partial charge on any atom is 0.0312 e. The van der Waals surface area contributed by atoms with E-state index in [-0.39, 0.29) is 0 Å². The highest BCUT2D eigenvalue weighted by Gasteiger charge is 2.05. The summed E-state index contributed by atoms with van der Waals surface area (Å²) < 4.78 is 0. The van der Waals surface area contributed by atoms with Crippen LogP contribution in [0, 0.1) is 0 Å². The zero-order chi connectivity index (χ0) is 10.9. The number of nitrogens with one attached hydrogen (secondary N) is 1. The SMILES string of the molecule is CCCC(CCC)NCc1cccnc1. The second kappa shape index (κ2) is 7.41. The van der Waals surface area contributed by atoms with Crippen LogP contribution in [-0.2, 0) is 6.54 Å². The molecule has 1 heterocycles. The van der Waals surface area contributed by atoms with E-state index in [0.717, 1.165) is 6.54 Å². The average Bonchev–Trinajstić information content (AvgIpc) is 2.28. The predicted octanol–water partition coefficient (Wildman–Crippen LogP) is 3.14. The van der Waals surface area contributed by atoms with Crippen LogP contribution in [0.25, 0.3) is 0 Å². The molecule has 2 nitrogen and oxygen atoms in total. The van der Waals surface area contributed by atoms with Crippen LogP contribution in [0.2, 0.25) is 0 Å². The van der Waals surface area contributed by atoms with Crippen LogP contribution in [0.3, 0.4) is 0 Å². The van der Waals surface area contributed by atoms with Crippen molar-refractivity contribution in [3.05, 3.63) is 30.1 Å². The van der Waals surface area contributed by atoms with Crippen molar-refractivity contribution in [3.63, 3.8) is 0 Å². The van der Waals surface area contributed by atoms with Crippen molar-refractivity contribution in [2.45, 2.75) is 52.1 Å². The Kier molecular flexibility index (Phi) is 6.02. The fraction of sp³-hybridized carbons (Fsp3) is 0.615. The fourth-order valence-corrected chi connectivity index (χ4v) is 1.81. The number of hydrogen-bond donors (Lipinski definition) is 1. The van der Waals surface area contributed by atoms with Crippen LogP contribution in [0.15, 0.2) is 24.5 Å². The molecule has 0 aromatic carbocycles. The van der Waals surface area contributed by atoms with Crippen LogP contribution < -0.4 is 5.32 Å². The van der Waals surface area contributed by atoms with Gasteiger partial charge in [0.05, 0.1) is 0 Å². The summed E-state index contributed by atoms with van der Waals surface area (Å²) in [5, 5.41) is 3.60. The first-order valence-corrected chi connectivity index (χ1v) is 5.99. The van der Waals surface area contributed by atoms with E-state index in [1.54, 1.807) is 0 Å². The number of pyridine rings is 1. The highest BCUT2D eigenvalue weighted by molar-refractivity contribution is 5.07. The van der Waals surface area contributed by atoms with Gasteiger partial charge in [0.2, 0.25) is 0 Å². The minimum atomic E-state index is 0.667. The third-order valence-corrected chi connectivity index (χ3v) is 2.59. The van der Waals surface area contributed by atoms with Gasteiger partial charge in [0, 0.05) is 25.0 Å². The van der Waals surface area contributed by atoms with Gasteiger partial charge in [0.15, 0.2) is 0 Å². The molecule has 0 aliphatic rings. The Labute approximate surface area is 93.1 Å². The summed E-state index contributed by atoms with van der Waals surface area (Å²) in [6.45, 7) is 5.43. The first kappa shape index (κ1) is 12.2. The van der Waals surface area contributed by atoms with Gasteiger partial charge in [0.25, 0.3) is 0 Å². The van der Waals surface area contributed by atoms with E-state index in [0.29, 0.717) is 6.04 Å². The van der Waals surface area contributed by atoms with Crippen LogP contribution in [0.4, 0.5) is 0 Å². The largest absolute Gasteiger partial charge is 0.310 e. The van der Waals surface area contributed by atoms with Gasteiger partial charge in [0.1, 0.15) is 0 Å². The Morgan fingerprint density at radius 3 is 2.53 bits per heavy atom. The molecule has 0 fully saturated rings. The lowest BCUT2D eigenvalue weighted by atomic mass is 10.1. The van der Waals surface area contributed by atoms with Crippen LogP contribution in [0.1, 0.15) is 45.1 Å². The molecule has 0 amide bonds. The molecule has 0 aliphatic heterocycles. The summed E-state index contributed by atoms with van der Waals surface area (Å²) in [4.78, 5) is 4.11. The molecule has 0 unspecified atom stereocenters. The second-order valence-electron chi connectivity index (χ2n) is 4.02. The van der Waals surface area contributed by atoms with Crippen LogP contribution in [-0.4, -0.2) is 11.0 Å². The van der Waals surface area contributed by atoms with Gasteiger partial charge < -0.3 is 5.32 Å². The number of aromatic nitrogens is 1. The van der Waals surface area contributed by atoms with Crippen molar-refractivity contribution in [2.24, 2.45) is 0 Å². The number of nitrogens with zero attached hydrogens (tertiary/aromatic N) is 1. The second-order valence-corrected chi connectivity index (χ2v) is 4.02. The lowest BCUT2D eigenvalue weighted by Gasteiger charge is -2.17. The molecule has 0 saturated carbocycles. The van der Waals surface area contributed by atoms with E-state index in [9.17, 15) is 0 Å². The minimum Gasteiger partial charge on any atom is -0.310 e. The molecule has 2 heteroatoms. The standard InChI is InChI=1S/C13H22N2/c1-3-6-13(7-4-2)15-11-12-8-5-9-14-10-12/h5,8-10,13,15H,3-4,6-7,11H2,1-2H3. The van der Waals surface area contributed by atoms with Crippen LogP contribution >= 0.6 is 0 Å². The zero-order valence-electron chi connectivity index (χ0n) is 9.87. The van der Waals surface area contributed by atoms with Gasteiger partial charge in [-0.15, -0.1) is 0 Å². The van der Waals surface area contributed by atoms with Crippen molar-refractivity contribution in [3.8, 4) is 0 Å². The van der Waals surface area contributed by atoms with Crippen molar-refractivity contribution in [1.29, 1.82) is 0 Å². The number of hydrogen-bond acceptors (Lipinski definition) is 2. The van der Waals surface area contributed by atoms with Gasteiger partial charge in [-0.05, 0) is 24.5 Å². The molecule has 0 spiro atoms. The zero-order valence-corrected chi connectivity index (χ0v) is 9.87. The molecule has 1 N–H and O–H groups in total. The topological polar surface area (TPSA) is 24.9 Å². The van der Waals surface area contributed by atoms with E-state index < -0.39 is 0 Å². The molecule has 15 heavy (non-hydrogen) atoms. The van der Waals surface area contributed by atoms with E-state index in [4.69, 9.17) is 0 Å². The van der Waals surface area contributed by atoms with E-state index in [2.05, 4.69) is 30.2 Å². The fourth-order valence-electron chi connectivity index (χ4n) is 1.81. The summed E-state index contributed by atoms with van der Waals surface area (Å²) in [6.07, 6.45) is 8.80. The highest BCUT2D eigenvalue weighted by Crippen LogP contribution is 2.06. The number of rotatable bonds is 7. The van der Waals surface area contributed by atoms with Gasteiger partial charge in [-0.2, -0.15) is 0 Å². The molecule has 0 saturated heterocycles. The van der Waals surface area contributed by atoms with Gasteiger partial charge in [-0.25, -0.2) is 0 Å². The van der Waals surface area contributed by atoms with E-state index >= 15 is 0 Å². The molecule has 0 atom stereocenters. The molecule has 1 aromatic heterocycles. The third-order valence-electron chi connectivity index (χ3n) is 2.59. The summed E-state index contributed by atoms with van der Waals surface area (Å²) >= 11 is 0. The minimum absolute atomic E-state index is 0.667. The van der Waals surface area contributed by atoms with Gasteiger partial charge >= 0.3 is 0 Å². The summed E-state index contributed by atoms with van der Waals surface area (Å²) in [6, 6.07) is 4.78. The Morgan fingerprint density at radius 1 is 1.27 bits per heavy atom. The average molecular weight is 206 g/mol. The molecule has 1 aromatic rings. The van der Waals surface area contributed by atoms with E-state index in [1.807, 2.05) is 18.5 Å². The Balaban J connectivity index is 2.33. The van der Waals surface area contributed by atoms with Crippen molar-refractivity contribution < 1.29 is 0 Å². The summed E-state index contributed by atoms with van der Waals surface area (Å²) in [5.41, 5.74) is 1.27. The van der Waals surface area contributed by atoms with Crippen molar-refractivity contribution >= 4 is 0 Å². The third kappa shape index (κ3) is 4.93. The summed E-state index contributed by atoms with van der Waals surface area (Å²) in [7, 11) is 0. The maximum atomic E-state index is 4.11. The van der Waals surface area contributed by atoms with Gasteiger partial charge in [-0.3, -0.25) is 4.98 Å². The summed E-state index contributed by atoms with van der Waals surface area (Å²) in [5.74, 6) is 0. The van der Waals surface area contributed by atoms with Gasteiger partial charge in [-0.1, -0.05) is 32.8 Å². The Bertz CT molecular complexity index is 240. The molecule has 0 bridgehead atoms. The highest BCUT2D eigenvalue weighted by atomic mass is 14.9. The maximum absolute atomic E-state index is 4.11. The molecule has 1 rings (SSSR count). The molecule has 84 valence electrons. The van der Waals surface area contributed by atoms with Crippen LogP contribution in [0.5, 0.6) is 0 Å². The molecule has 0 aliphatic carbocycles. The monoisotopic (exact) mass is 206 g/mol. The predicted molar refractivity (Wildman–Crippen MR) is 64.7 cm³/mol. The molecular weight excluding hydrogens is 184 g/mol. The first-order chi connectivity index (χ1) is 7.36. The van der Waals surface area contributed by atoms with E-state index in [1.165, 1.54) is 31.2 Å². The molecule has 0 radical (unpaired) electrons. The smallest absolute Gasteiger partial charge is 0.0312 e. The Morgan fingerprint density at radius 2 is 2.00 bits per heavy atom. The quantitative estimate of drug-likeness (QED) is 0.741. The molecular formula is C13H22N2.